The third-order valence-corrected chi connectivity index (χ3v) is 5.62. The minimum Gasteiger partial charge on any atom is -0.377 e. The zero-order valence-electron chi connectivity index (χ0n) is 10.7. The van der Waals surface area contributed by atoms with E-state index in [0.29, 0.717) is 0 Å². The van der Waals surface area contributed by atoms with E-state index in [-0.39, 0.29) is 0 Å². The lowest BCUT2D eigenvalue weighted by Gasteiger charge is -2.25. The molecule has 0 saturated heterocycles. The average molecular weight is 235 g/mol. The first-order valence-electron chi connectivity index (χ1n) is 5.55. The van der Waals surface area contributed by atoms with Crippen molar-refractivity contribution < 1.29 is 13.3 Å². The van der Waals surface area contributed by atoms with Gasteiger partial charge in [0.15, 0.2) is 0 Å². The molecule has 0 rings (SSSR count). The molecule has 0 aromatic carbocycles. The Morgan fingerprint density at radius 2 is 1.40 bits per heavy atom. The number of hydrogen-bond donors (Lipinski definition) is 0. The summed E-state index contributed by atoms with van der Waals surface area (Å²) < 4.78 is 16.1. The Morgan fingerprint density at radius 3 is 1.73 bits per heavy atom. The second-order valence-electron chi connectivity index (χ2n) is 3.43. The molecule has 0 spiro atoms. The van der Waals surface area contributed by atoms with E-state index in [0.717, 1.165) is 32.1 Å². The summed E-state index contributed by atoms with van der Waals surface area (Å²) in [5.41, 5.74) is 0. The Bertz CT molecular complexity index is 141. The van der Waals surface area contributed by atoms with Gasteiger partial charge in [0.2, 0.25) is 0 Å². The fourth-order valence-electron chi connectivity index (χ4n) is 1.62. The maximum absolute atomic E-state index is 5.36. The van der Waals surface area contributed by atoms with Crippen LogP contribution in [0.15, 0.2) is 0 Å². The number of hydrogen-bond acceptors (Lipinski definition) is 4. The Labute approximate surface area is 94.9 Å². The van der Waals surface area contributed by atoms with Gasteiger partial charge in [-0.25, -0.2) is 0 Å². The Kier molecular flexibility index (Phi) is 8.27. The van der Waals surface area contributed by atoms with Crippen molar-refractivity contribution in [3.63, 3.8) is 0 Å². The number of rotatable bonds is 9. The largest absolute Gasteiger partial charge is 0.500 e. The van der Waals surface area contributed by atoms with Crippen molar-refractivity contribution in [2.45, 2.75) is 26.3 Å². The molecule has 0 N–H and O–H groups in total. The topological polar surface area (TPSA) is 30.9 Å². The second kappa shape index (κ2) is 8.24. The van der Waals surface area contributed by atoms with Gasteiger partial charge in [-0.1, -0.05) is 13.8 Å². The summed E-state index contributed by atoms with van der Waals surface area (Å²) in [4.78, 5) is 2.39. The van der Waals surface area contributed by atoms with Gasteiger partial charge in [0.25, 0.3) is 0 Å². The molecule has 0 atom stereocenters. The van der Waals surface area contributed by atoms with Gasteiger partial charge in [0, 0.05) is 27.4 Å². The van der Waals surface area contributed by atoms with Gasteiger partial charge in [0.1, 0.15) is 0 Å². The van der Waals surface area contributed by atoms with E-state index in [1.165, 1.54) is 0 Å². The molecule has 0 aliphatic carbocycles. The van der Waals surface area contributed by atoms with E-state index >= 15 is 0 Å². The van der Waals surface area contributed by atoms with Gasteiger partial charge < -0.3 is 18.2 Å². The van der Waals surface area contributed by atoms with Gasteiger partial charge >= 0.3 is 8.80 Å². The van der Waals surface area contributed by atoms with E-state index < -0.39 is 8.80 Å². The van der Waals surface area contributed by atoms with Crippen molar-refractivity contribution in [3.8, 4) is 0 Å². The molecule has 0 radical (unpaired) electrons. The summed E-state index contributed by atoms with van der Waals surface area (Å²) in [6.07, 6.45) is 1.06. The fraction of sp³-hybridized carbons (Fsp3) is 1.00. The molecular weight excluding hydrogens is 210 g/mol. The highest BCUT2D eigenvalue weighted by Gasteiger charge is 2.36. The fourth-order valence-corrected chi connectivity index (χ4v) is 3.32. The summed E-state index contributed by atoms with van der Waals surface area (Å²) in [7, 11) is 2.65. The average Bonchev–Trinajstić information content (AvgIpc) is 2.31. The molecule has 0 heterocycles. The molecule has 15 heavy (non-hydrogen) atoms. The van der Waals surface area contributed by atoms with Crippen LogP contribution in [0.2, 0.25) is 6.04 Å². The molecule has 0 aliphatic rings. The van der Waals surface area contributed by atoms with E-state index in [2.05, 4.69) is 18.7 Å². The highest BCUT2D eigenvalue weighted by Crippen LogP contribution is 2.15. The third-order valence-electron chi connectivity index (χ3n) is 2.78. The van der Waals surface area contributed by atoms with Crippen LogP contribution in [0, 0.1) is 0 Å². The predicted molar refractivity (Wildman–Crippen MR) is 64.0 cm³/mol. The smallest absolute Gasteiger partial charge is 0.377 e. The third kappa shape index (κ3) is 5.08. The number of nitrogens with zero attached hydrogens (tertiary/aromatic N) is 1. The van der Waals surface area contributed by atoms with Gasteiger partial charge in [-0.05, 0) is 26.1 Å². The Hall–Kier alpha value is 0.0569. The van der Waals surface area contributed by atoms with E-state index in [4.69, 9.17) is 13.3 Å². The molecule has 0 unspecified atom stereocenters. The molecule has 92 valence electrons. The minimum atomic E-state index is -2.34. The van der Waals surface area contributed by atoms with Crippen molar-refractivity contribution in [1.82, 2.24) is 4.90 Å². The molecule has 4 nitrogen and oxygen atoms in total. The summed E-state index contributed by atoms with van der Waals surface area (Å²) >= 11 is 0. The van der Waals surface area contributed by atoms with Gasteiger partial charge in [-0.15, -0.1) is 0 Å². The first-order chi connectivity index (χ1) is 7.17. The van der Waals surface area contributed by atoms with Crippen LogP contribution in [0.25, 0.3) is 0 Å². The van der Waals surface area contributed by atoms with Crippen molar-refractivity contribution >= 4 is 8.80 Å². The van der Waals surface area contributed by atoms with Crippen LogP contribution < -0.4 is 0 Å². The van der Waals surface area contributed by atoms with Crippen molar-refractivity contribution in [3.05, 3.63) is 0 Å². The van der Waals surface area contributed by atoms with Crippen LogP contribution in [0.4, 0.5) is 0 Å². The van der Waals surface area contributed by atoms with Gasteiger partial charge in [0.05, 0.1) is 0 Å². The molecule has 0 bridgehead atoms. The predicted octanol–water partition coefficient (Wildman–Crippen LogP) is 1.60. The lowest BCUT2D eigenvalue weighted by atomic mass is 10.4. The summed E-state index contributed by atoms with van der Waals surface area (Å²) in [6, 6.07) is 0.882. The van der Waals surface area contributed by atoms with Crippen molar-refractivity contribution in [2.24, 2.45) is 0 Å². The van der Waals surface area contributed by atoms with Crippen molar-refractivity contribution in [2.75, 3.05) is 41.0 Å². The Balaban J connectivity index is 3.89. The molecule has 0 fully saturated rings. The molecule has 0 aromatic heterocycles. The van der Waals surface area contributed by atoms with E-state index in [1.807, 2.05) is 0 Å². The lowest BCUT2D eigenvalue weighted by Crippen LogP contribution is -2.43. The molecule has 5 heteroatoms. The van der Waals surface area contributed by atoms with Crippen LogP contribution >= 0.6 is 0 Å². The van der Waals surface area contributed by atoms with Gasteiger partial charge in [-0.2, -0.15) is 0 Å². The first-order valence-corrected chi connectivity index (χ1v) is 7.49. The van der Waals surface area contributed by atoms with Crippen LogP contribution in [0.5, 0.6) is 0 Å². The quantitative estimate of drug-likeness (QED) is 0.568. The molecule has 0 saturated carbocycles. The van der Waals surface area contributed by atoms with Crippen LogP contribution in [0.3, 0.4) is 0 Å². The normalized spacial score (nSPS) is 12.4. The maximum atomic E-state index is 5.36. The molecule has 0 aromatic rings. The van der Waals surface area contributed by atoms with Crippen LogP contribution in [-0.4, -0.2) is 54.7 Å². The minimum absolute atomic E-state index is 0.882. The zero-order chi connectivity index (χ0) is 11.7. The summed E-state index contributed by atoms with van der Waals surface area (Å²) in [5, 5.41) is 0. The SMILES string of the molecule is CCN(CC)CCC[Si](OC)(OC)OC. The highest BCUT2D eigenvalue weighted by molar-refractivity contribution is 6.60. The molecule has 0 aliphatic heterocycles. The molecule has 0 amide bonds. The monoisotopic (exact) mass is 235 g/mol. The molecular formula is C10H25NO3Si. The maximum Gasteiger partial charge on any atom is 0.500 e. The van der Waals surface area contributed by atoms with E-state index in [9.17, 15) is 0 Å². The Morgan fingerprint density at radius 1 is 0.933 bits per heavy atom. The van der Waals surface area contributed by atoms with Gasteiger partial charge in [-0.3, -0.25) is 0 Å². The standard InChI is InChI=1S/C10H25NO3Si/c1-6-11(7-2)9-8-10-15(12-3,13-4)14-5/h6-10H2,1-5H3. The lowest BCUT2D eigenvalue weighted by molar-refractivity contribution is 0.121. The highest BCUT2D eigenvalue weighted by atomic mass is 28.4. The van der Waals surface area contributed by atoms with Crippen LogP contribution in [0.1, 0.15) is 20.3 Å². The van der Waals surface area contributed by atoms with E-state index in [1.54, 1.807) is 21.3 Å². The summed E-state index contributed by atoms with van der Waals surface area (Å²) in [6.45, 7) is 7.63. The first kappa shape index (κ1) is 15.1. The van der Waals surface area contributed by atoms with Crippen LogP contribution in [-0.2, 0) is 13.3 Å². The zero-order valence-corrected chi connectivity index (χ0v) is 11.7. The second-order valence-corrected chi connectivity index (χ2v) is 6.52. The van der Waals surface area contributed by atoms with Crippen molar-refractivity contribution in [1.29, 1.82) is 0 Å². The summed E-state index contributed by atoms with van der Waals surface area (Å²) in [5.74, 6) is 0.